The van der Waals surface area contributed by atoms with Gasteiger partial charge in [-0.25, -0.2) is 0 Å². The largest absolute Gasteiger partial charge is 0.412 e. The molecule has 0 aliphatic carbocycles. The third-order valence-electron chi connectivity index (χ3n) is 9.60. The maximum Gasteiger partial charge on any atom is 0.412 e. The first kappa shape index (κ1) is 85.4. The van der Waals surface area contributed by atoms with Crippen LogP contribution in [0.3, 0.4) is 0 Å². The lowest BCUT2D eigenvalue weighted by molar-refractivity contribution is -0.167. The van der Waals surface area contributed by atoms with Gasteiger partial charge in [-0.15, -0.1) is 0 Å². The summed E-state index contributed by atoms with van der Waals surface area (Å²) in [6.45, 7) is -45.9. The second-order valence-corrected chi connectivity index (χ2v) is 33.8. The summed E-state index contributed by atoms with van der Waals surface area (Å²) in [5.41, 5.74) is -17.7. The number of hydrogen-bond donors (Lipinski definition) is 8. The van der Waals surface area contributed by atoms with Crippen LogP contribution in [0.5, 0.6) is 0 Å². The Balaban J connectivity index is 5.19. The van der Waals surface area contributed by atoms with E-state index in [1.807, 2.05) is 0 Å². The van der Waals surface area contributed by atoms with Gasteiger partial charge in [0.25, 0.3) is 0 Å². The topological polar surface area (TPSA) is 385 Å². The fourth-order valence-corrected chi connectivity index (χ4v) is 23.4. The van der Waals surface area contributed by atoms with Crippen LogP contribution < -0.4 is 0 Å². The summed E-state index contributed by atoms with van der Waals surface area (Å²) in [5.74, 6) is 0. The fraction of sp³-hybridized carbons (Fsp3) is 1.00. The lowest BCUT2D eigenvalue weighted by Crippen LogP contribution is -2.53. The molecule has 28 nitrogen and oxygen atoms in total. The molecule has 60 heteroatoms. The normalized spacial score (nSPS) is 19.3. The quantitative estimate of drug-likeness (QED) is 0.0269. The lowest BCUT2D eigenvalue weighted by atomic mass is 10.3. The van der Waals surface area contributed by atoms with Crippen molar-refractivity contribution in [2.45, 2.75) is 71.5 Å². The molecule has 1 rings (SSSR count). The molecule has 0 aromatic carbocycles. The van der Waals surface area contributed by atoms with Gasteiger partial charge in [0.15, 0.2) is 52.9 Å². The molecule has 1 saturated heterocycles. The third-order valence-corrected chi connectivity index (χ3v) is 27.8. The first-order valence-corrected chi connectivity index (χ1v) is 35.0. The second kappa shape index (κ2) is 30.6. The maximum atomic E-state index is 14.2. The van der Waals surface area contributed by atoms with Crippen molar-refractivity contribution < 1.29 is 217 Å². The number of nitrogens with zero attached hydrogens (tertiary/aromatic N) is 4. The van der Waals surface area contributed by atoms with Gasteiger partial charge >= 0.3 is 110 Å². The van der Waals surface area contributed by atoms with Gasteiger partial charge in [0, 0.05) is 52.4 Å². The molecule has 4 atom stereocenters. The Bertz CT molecular complexity index is 2200. The SMILES string of the molecule is O=P(O)(O)C(N1CCN(C(P(=O)(O)O)P(=O)(OCC(F)(F)F)OCC(F)(F)F)CCN(C(P(=O)(O)O)P(=O)(OCC(F)(F)F)OCC(F)(F)F)CCN(C(P(=O)(O)O)P(=O)(OCC(F)(F)F)OCC(F)(F)F)CC1)P(=O)(OCC(F)(F)F)OCC(F)(F)F. The third kappa shape index (κ3) is 31.3. The number of halogens is 24. The minimum absolute atomic E-state index is 0.792. The van der Waals surface area contributed by atoms with Crippen LogP contribution in [0.25, 0.3) is 0 Å². The van der Waals surface area contributed by atoms with Crippen molar-refractivity contribution >= 4 is 60.8 Å². The van der Waals surface area contributed by atoms with Crippen molar-refractivity contribution in [1.82, 2.24) is 19.6 Å². The van der Waals surface area contributed by atoms with E-state index in [0.29, 0.717) is 0 Å². The summed E-state index contributed by atoms with van der Waals surface area (Å²) in [5, 5.41) is 0. The summed E-state index contributed by atoms with van der Waals surface area (Å²) >= 11 is 0. The molecular weight excluding hydrogens is 1480 g/mol. The molecule has 1 aliphatic rings. The van der Waals surface area contributed by atoms with Crippen LogP contribution in [0.1, 0.15) is 0 Å². The highest BCUT2D eigenvalue weighted by molar-refractivity contribution is 7.73. The summed E-state index contributed by atoms with van der Waals surface area (Å²) in [6.07, 6.45) is -48.5. The van der Waals surface area contributed by atoms with Crippen LogP contribution in [0, 0.1) is 0 Å². The summed E-state index contributed by atoms with van der Waals surface area (Å²) in [4.78, 5) is 81.1. The highest BCUT2D eigenvalue weighted by Crippen LogP contribution is 2.72. The smallest absolute Gasteiger partial charge is 0.323 e. The molecule has 0 radical (unpaired) electrons. The number of alkyl halides is 24. The van der Waals surface area contributed by atoms with E-state index in [-0.39, 0.29) is 0 Å². The van der Waals surface area contributed by atoms with E-state index in [0.717, 1.165) is 0 Å². The average Bonchev–Trinajstić information content (AvgIpc) is 3.26. The van der Waals surface area contributed by atoms with Crippen molar-refractivity contribution in [2.24, 2.45) is 0 Å². The summed E-state index contributed by atoms with van der Waals surface area (Å²) in [6, 6.07) is 0. The first-order valence-electron chi connectivity index (χ1n) is 21.8. The molecule has 528 valence electrons. The molecule has 88 heavy (non-hydrogen) atoms. The zero-order chi connectivity index (χ0) is 69.6. The van der Waals surface area contributed by atoms with Gasteiger partial charge in [-0.05, 0) is 0 Å². The zero-order valence-corrected chi connectivity index (χ0v) is 49.3. The molecule has 0 aromatic rings. The molecule has 0 bridgehead atoms. The molecule has 1 fully saturated rings. The molecule has 4 unspecified atom stereocenters. The zero-order valence-electron chi connectivity index (χ0n) is 42.2. The number of rotatable bonds is 28. The standard InChI is InChI=1S/C28H44F24N4O24P8/c29-21(30,31)9-73-85(69,74-10-22(32,33)34)17(81(57,58)59)53-1-2-54(18(82(60,61)62)86(70,75-11-23(35,36)37)76-12-24(38,39)40)5-6-56(20(84(66,67)68)88(72,79-15-27(47,48)49)80-16-28(50,51)52)8-7-55(4-3-53)19(83(63,64)65)87(71,77-13-25(41,42)43)78-14-26(44,45)46/h17-20H,1-16H2,(H2,57,58,59)(H2,60,61,62)(H2,63,64,65)(H2,66,67,68). The minimum Gasteiger partial charge on any atom is -0.323 e. The fourth-order valence-electron chi connectivity index (χ4n) is 6.77. The van der Waals surface area contributed by atoms with E-state index in [2.05, 4.69) is 36.2 Å². The molecular formula is C28H44F24N4O24P8. The van der Waals surface area contributed by atoms with Crippen LogP contribution in [-0.2, 0) is 72.7 Å². The van der Waals surface area contributed by atoms with Crippen molar-refractivity contribution in [3.63, 3.8) is 0 Å². The first-order chi connectivity index (χ1) is 38.6. The second-order valence-electron chi connectivity index (χ2n) is 17.2. The Morgan fingerprint density at radius 2 is 0.330 bits per heavy atom. The Morgan fingerprint density at radius 3 is 0.398 bits per heavy atom. The van der Waals surface area contributed by atoms with Crippen LogP contribution in [-0.4, -0.2) is 235 Å². The van der Waals surface area contributed by atoms with E-state index >= 15 is 0 Å². The van der Waals surface area contributed by atoms with Gasteiger partial charge in [0.1, 0.15) is 0 Å². The molecule has 1 heterocycles. The van der Waals surface area contributed by atoms with Gasteiger partial charge in [-0.2, -0.15) is 105 Å². The highest BCUT2D eigenvalue weighted by atomic mass is 31.3. The van der Waals surface area contributed by atoms with E-state index in [1.165, 1.54) is 0 Å². The van der Waals surface area contributed by atoms with Crippen molar-refractivity contribution in [2.75, 3.05) is 105 Å². The Labute approximate surface area is 474 Å². The molecule has 8 N–H and O–H groups in total. The predicted molar refractivity (Wildman–Crippen MR) is 236 cm³/mol. The van der Waals surface area contributed by atoms with Crippen LogP contribution in [0.15, 0.2) is 0 Å². The van der Waals surface area contributed by atoms with Gasteiger partial charge < -0.3 is 39.1 Å². The van der Waals surface area contributed by atoms with E-state index in [4.69, 9.17) is 0 Å². The van der Waals surface area contributed by atoms with Gasteiger partial charge in [0.2, 0.25) is 22.1 Å². The molecule has 0 spiro atoms. The molecule has 1 aliphatic heterocycles. The van der Waals surface area contributed by atoms with E-state index in [1.54, 1.807) is 0 Å². The van der Waals surface area contributed by atoms with Crippen LogP contribution in [0.4, 0.5) is 105 Å². The summed E-state index contributed by atoms with van der Waals surface area (Å²) in [7, 11) is -58.8. The molecule has 0 saturated carbocycles. The van der Waals surface area contributed by atoms with Crippen molar-refractivity contribution in [3.05, 3.63) is 0 Å². The Kier molecular flexibility index (Phi) is 29.7. The van der Waals surface area contributed by atoms with Crippen molar-refractivity contribution in [3.8, 4) is 0 Å². The van der Waals surface area contributed by atoms with E-state index < -0.39 is 257 Å². The van der Waals surface area contributed by atoms with Gasteiger partial charge in [0.05, 0.1) is 0 Å². The highest BCUT2D eigenvalue weighted by Gasteiger charge is 2.61. The van der Waals surface area contributed by atoms with Gasteiger partial charge in [-0.3, -0.25) is 92.3 Å². The Morgan fingerprint density at radius 1 is 0.239 bits per heavy atom. The van der Waals surface area contributed by atoms with Crippen LogP contribution >= 0.6 is 60.8 Å². The predicted octanol–water partition coefficient (Wildman–Crippen LogP) is 8.46. The van der Waals surface area contributed by atoms with Crippen LogP contribution in [0.2, 0.25) is 0 Å². The average molecular weight is 1520 g/mol. The van der Waals surface area contributed by atoms with Gasteiger partial charge in [-0.1, -0.05) is 0 Å². The molecule has 0 aromatic heterocycles. The summed E-state index contributed by atoms with van der Waals surface area (Å²) < 4.78 is 467. The van der Waals surface area contributed by atoms with Crippen molar-refractivity contribution in [1.29, 1.82) is 0 Å². The minimum atomic E-state index is -7.37. The lowest BCUT2D eigenvalue weighted by Gasteiger charge is -2.44. The monoisotopic (exact) mass is 1520 g/mol. The Hall–Kier alpha value is -0.640. The molecule has 0 amide bonds. The van der Waals surface area contributed by atoms with E-state index in [9.17, 15) is 181 Å². The maximum absolute atomic E-state index is 14.2. The number of hydrogen-bond acceptors (Lipinski definition) is 20.